The minimum Gasteiger partial charge on any atom is -0.481 e. The van der Waals surface area contributed by atoms with Crippen LogP contribution < -0.4 is 0 Å². The van der Waals surface area contributed by atoms with Crippen LogP contribution in [-0.4, -0.2) is 35.0 Å². The van der Waals surface area contributed by atoms with Gasteiger partial charge in [0.1, 0.15) is 5.82 Å². The SMILES string of the molecule is Cc1ccc(C(=O)N2CCC(CCC(=O)O)C2)cc1F. The Morgan fingerprint density at radius 1 is 1.45 bits per heavy atom. The van der Waals surface area contributed by atoms with Gasteiger partial charge in [-0.2, -0.15) is 0 Å². The highest BCUT2D eigenvalue weighted by Crippen LogP contribution is 2.23. The van der Waals surface area contributed by atoms with Crippen molar-refractivity contribution in [2.45, 2.75) is 26.2 Å². The van der Waals surface area contributed by atoms with Crippen LogP contribution in [0, 0.1) is 18.7 Å². The quantitative estimate of drug-likeness (QED) is 0.921. The predicted molar refractivity (Wildman–Crippen MR) is 72.0 cm³/mol. The number of carboxylic acids is 1. The number of nitrogens with zero attached hydrogens (tertiary/aromatic N) is 1. The van der Waals surface area contributed by atoms with E-state index in [0.29, 0.717) is 30.6 Å². The third-order valence-electron chi connectivity index (χ3n) is 3.76. The van der Waals surface area contributed by atoms with E-state index in [1.807, 2.05) is 0 Å². The number of halogens is 1. The summed E-state index contributed by atoms with van der Waals surface area (Å²) in [6.45, 7) is 2.82. The Hall–Kier alpha value is -1.91. The average molecular weight is 279 g/mol. The number of carboxylic acid groups (broad SMARTS) is 1. The first kappa shape index (κ1) is 14.5. The lowest BCUT2D eigenvalue weighted by atomic mass is 10.0. The summed E-state index contributed by atoms with van der Waals surface area (Å²) in [5.41, 5.74) is 0.870. The molecule has 1 aliphatic heterocycles. The van der Waals surface area contributed by atoms with Crippen molar-refractivity contribution < 1.29 is 19.1 Å². The van der Waals surface area contributed by atoms with Crippen molar-refractivity contribution in [1.82, 2.24) is 4.90 Å². The molecule has 1 aromatic carbocycles. The van der Waals surface area contributed by atoms with Crippen LogP contribution in [0.5, 0.6) is 0 Å². The summed E-state index contributed by atoms with van der Waals surface area (Å²) in [6.07, 6.45) is 1.53. The average Bonchev–Trinajstić information content (AvgIpc) is 2.87. The highest BCUT2D eigenvalue weighted by atomic mass is 19.1. The number of benzene rings is 1. The maximum atomic E-state index is 13.5. The molecule has 5 heteroatoms. The summed E-state index contributed by atoms with van der Waals surface area (Å²) in [5.74, 6) is -1.14. The van der Waals surface area contributed by atoms with Gasteiger partial charge >= 0.3 is 5.97 Å². The summed E-state index contributed by atoms with van der Waals surface area (Å²) in [6, 6.07) is 4.49. The van der Waals surface area contributed by atoms with Crippen LogP contribution in [-0.2, 0) is 4.79 Å². The lowest BCUT2D eigenvalue weighted by molar-refractivity contribution is -0.137. The first-order valence-electron chi connectivity index (χ1n) is 6.74. The second kappa shape index (κ2) is 6.03. The molecule has 1 aliphatic rings. The van der Waals surface area contributed by atoms with Crippen LogP contribution in [0.2, 0.25) is 0 Å². The summed E-state index contributed by atoms with van der Waals surface area (Å²) < 4.78 is 13.5. The van der Waals surface area contributed by atoms with E-state index in [9.17, 15) is 14.0 Å². The molecular weight excluding hydrogens is 261 g/mol. The maximum absolute atomic E-state index is 13.5. The number of aliphatic carboxylic acids is 1. The van der Waals surface area contributed by atoms with Gasteiger partial charge in [-0.05, 0) is 43.4 Å². The van der Waals surface area contributed by atoms with E-state index >= 15 is 0 Å². The zero-order valence-electron chi connectivity index (χ0n) is 11.4. The van der Waals surface area contributed by atoms with Gasteiger partial charge < -0.3 is 10.0 Å². The van der Waals surface area contributed by atoms with Crippen LogP contribution in [0.4, 0.5) is 4.39 Å². The monoisotopic (exact) mass is 279 g/mol. The van der Waals surface area contributed by atoms with Gasteiger partial charge in [0.25, 0.3) is 5.91 Å². The van der Waals surface area contributed by atoms with Crippen molar-refractivity contribution in [2.24, 2.45) is 5.92 Å². The molecule has 0 saturated carbocycles. The molecule has 0 aromatic heterocycles. The molecular formula is C15H18FNO3. The van der Waals surface area contributed by atoms with Gasteiger partial charge in [-0.3, -0.25) is 9.59 Å². The molecule has 108 valence electrons. The third-order valence-corrected chi connectivity index (χ3v) is 3.76. The fourth-order valence-corrected chi connectivity index (χ4v) is 2.49. The van der Waals surface area contributed by atoms with Gasteiger partial charge in [0.2, 0.25) is 0 Å². The highest BCUT2D eigenvalue weighted by molar-refractivity contribution is 5.94. The number of amides is 1. The van der Waals surface area contributed by atoms with Crippen LogP contribution >= 0.6 is 0 Å². The van der Waals surface area contributed by atoms with Crippen molar-refractivity contribution in [3.63, 3.8) is 0 Å². The van der Waals surface area contributed by atoms with Gasteiger partial charge in [-0.1, -0.05) is 6.07 Å². The van der Waals surface area contributed by atoms with Gasteiger partial charge in [-0.25, -0.2) is 4.39 Å². The molecule has 0 spiro atoms. The molecule has 4 nitrogen and oxygen atoms in total. The fraction of sp³-hybridized carbons (Fsp3) is 0.467. The second-order valence-corrected chi connectivity index (χ2v) is 5.30. The molecule has 20 heavy (non-hydrogen) atoms. The third kappa shape index (κ3) is 3.35. The van der Waals surface area contributed by atoms with E-state index in [-0.39, 0.29) is 24.1 Å². The predicted octanol–water partition coefficient (Wildman–Crippen LogP) is 2.46. The molecule has 1 atom stereocenters. The molecule has 1 fully saturated rings. The number of aryl methyl sites for hydroxylation is 1. The Bertz CT molecular complexity index is 530. The van der Waals surface area contributed by atoms with Crippen LogP contribution in [0.3, 0.4) is 0 Å². The molecule has 0 radical (unpaired) electrons. The molecule has 1 aromatic rings. The highest BCUT2D eigenvalue weighted by Gasteiger charge is 2.27. The maximum Gasteiger partial charge on any atom is 0.303 e. The molecule has 1 N–H and O–H groups in total. The van der Waals surface area contributed by atoms with Gasteiger partial charge in [-0.15, -0.1) is 0 Å². The number of likely N-dealkylation sites (tertiary alicyclic amines) is 1. The number of rotatable bonds is 4. The van der Waals surface area contributed by atoms with E-state index in [4.69, 9.17) is 5.11 Å². The Labute approximate surface area is 117 Å². The number of hydrogen-bond acceptors (Lipinski definition) is 2. The first-order chi connectivity index (χ1) is 9.47. The van der Waals surface area contributed by atoms with Crippen LogP contribution in [0.15, 0.2) is 18.2 Å². The zero-order valence-corrected chi connectivity index (χ0v) is 11.4. The van der Waals surface area contributed by atoms with Crippen molar-refractivity contribution in [3.8, 4) is 0 Å². The summed E-state index contributed by atoms with van der Waals surface area (Å²) in [4.78, 5) is 24.5. The Kier molecular flexibility index (Phi) is 4.37. The lowest BCUT2D eigenvalue weighted by Crippen LogP contribution is -2.28. The Morgan fingerprint density at radius 3 is 2.85 bits per heavy atom. The van der Waals surface area contributed by atoms with Crippen molar-refractivity contribution >= 4 is 11.9 Å². The summed E-state index contributed by atoms with van der Waals surface area (Å²) >= 11 is 0. The first-order valence-corrected chi connectivity index (χ1v) is 6.74. The van der Waals surface area contributed by atoms with Gasteiger partial charge in [0.15, 0.2) is 0 Å². The molecule has 1 saturated heterocycles. The molecule has 0 bridgehead atoms. The molecule has 0 aliphatic carbocycles. The topological polar surface area (TPSA) is 57.6 Å². The minimum absolute atomic E-state index is 0.131. The number of carbonyl (C=O) groups is 2. The van der Waals surface area contributed by atoms with E-state index in [1.165, 1.54) is 6.07 Å². The molecule has 2 rings (SSSR count). The Balaban J connectivity index is 1.97. The number of hydrogen-bond donors (Lipinski definition) is 1. The smallest absolute Gasteiger partial charge is 0.303 e. The van der Waals surface area contributed by atoms with E-state index in [1.54, 1.807) is 24.0 Å². The Morgan fingerprint density at radius 2 is 2.20 bits per heavy atom. The van der Waals surface area contributed by atoms with Gasteiger partial charge in [0, 0.05) is 25.1 Å². The molecule has 1 heterocycles. The molecule has 1 unspecified atom stereocenters. The van der Waals surface area contributed by atoms with E-state index < -0.39 is 5.97 Å². The van der Waals surface area contributed by atoms with Gasteiger partial charge in [0.05, 0.1) is 0 Å². The van der Waals surface area contributed by atoms with Crippen molar-refractivity contribution in [2.75, 3.05) is 13.1 Å². The summed E-state index contributed by atoms with van der Waals surface area (Å²) in [7, 11) is 0. The minimum atomic E-state index is -0.810. The lowest BCUT2D eigenvalue weighted by Gasteiger charge is -2.16. The standard InChI is InChI=1S/C15H18FNO3/c1-10-2-4-12(8-13(10)16)15(20)17-7-6-11(9-17)3-5-14(18)19/h2,4,8,11H,3,5-7,9H2,1H3,(H,18,19). The summed E-state index contributed by atoms with van der Waals surface area (Å²) in [5, 5.41) is 8.66. The number of carbonyl (C=O) groups excluding carboxylic acids is 1. The van der Waals surface area contributed by atoms with Crippen LogP contribution in [0.25, 0.3) is 0 Å². The van der Waals surface area contributed by atoms with E-state index in [2.05, 4.69) is 0 Å². The fourth-order valence-electron chi connectivity index (χ4n) is 2.49. The largest absolute Gasteiger partial charge is 0.481 e. The van der Waals surface area contributed by atoms with Crippen molar-refractivity contribution in [3.05, 3.63) is 35.1 Å². The van der Waals surface area contributed by atoms with Crippen LogP contribution in [0.1, 0.15) is 35.2 Å². The van der Waals surface area contributed by atoms with E-state index in [0.717, 1.165) is 6.42 Å². The second-order valence-electron chi connectivity index (χ2n) is 5.30. The zero-order chi connectivity index (χ0) is 14.7. The molecule has 1 amide bonds. The normalized spacial score (nSPS) is 18.3. The van der Waals surface area contributed by atoms with Crippen molar-refractivity contribution in [1.29, 1.82) is 0 Å².